The van der Waals surface area contributed by atoms with Crippen molar-refractivity contribution in [2.75, 3.05) is 19.6 Å². The number of hydrogen-bond donors (Lipinski definition) is 2. The molecule has 2 saturated heterocycles. The van der Waals surface area contributed by atoms with Crippen LogP contribution in [0.15, 0.2) is 36.4 Å². The number of imide groups is 1. The Morgan fingerprint density at radius 1 is 1.15 bits per heavy atom. The highest BCUT2D eigenvalue weighted by Crippen LogP contribution is 2.34. The van der Waals surface area contributed by atoms with Crippen LogP contribution in [-0.4, -0.2) is 63.3 Å². The van der Waals surface area contributed by atoms with Crippen molar-refractivity contribution in [3.05, 3.63) is 64.7 Å². The van der Waals surface area contributed by atoms with Gasteiger partial charge in [0, 0.05) is 26.1 Å². The lowest BCUT2D eigenvalue weighted by atomic mass is 9.87. The van der Waals surface area contributed by atoms with Gasteiger partial charge in [0.15, 0.2) is 0 Å². The first-order chi connectivity index (χ1) is 16.3. The SMILES string of the molecule is O=C1CCC(N2Cc3nc(C4(O)CCN(CCc5cccc(F)c5)CC4)ccc3C2=O)C(=O)N1. The van der Waals surface area contributed by atoms with Gasteiger partial charge >= 0.3 is 0 Å². The van der Waals surface area contributed by atoms with E-state index >= 15 is 0 Å². The lowest BCUT2D eigenvalue weighted by Crippen LogP contribution is -2.52. The number of carbonyl (C=O) groups excluding carboxylic acids is 3. The van der Waals surface area contributed by atoms with E-state index in [9.17, 15) is 23.9 Å². The molecule has 2 aromatic rings. The summed E-state index contributed by atoms with van der Waals surface area (Å²) in [6, 6.07) is 9.31. The highest BCUT2D eigenvalue weighted by Gasteiger charge is 2.41. The first-order valence-corrected chi connectivity index (χ1v) is 11.7. The Labute approximate surface area is 196 Å². The molecule has 1 unspecified atom stereocenters. The number of nitrogens with one attached hydrogen (secondary N) is 1. The third kappa shape index (κ3) is 4.33. The van der Waals surface area contributed by atoms with E-state index in [1.54, 1.807) is 24.3 Å². The molecule has 0 bridgehead atoms. The van der Waals surface area contributed by atoms with E-state index in [1.807, 2.05) is 6.07 Å². The molecule has 34 heavy (non-hydrogen) atoms. The largest absolute Gasteiger partial charge is 0.383 e. The second-order valence-electron chi connectivity index (χ2n) is 9.34. The molecule has 178 valence electrons. The molecule has 9 heteroatoms. The first kappa shape index (κ1) is 22.6. The second-order valence-corrected chi connectivity index (χ2v) is 9.34. The van der Waals surface area contributed by atoms with Crippen LogP contribution >= 0.6 is 0 Å². The maximum absolute atomic E-state index is 13.4. The van der Waals surface area contributed by atoms with Crippen LogP contribution in [0, 0.1) is 5.82 Å². The summed E-state index contributed by atoms with van der Waals surface area (Å²) in [6.07, 6.45) is 2.25. The van der Waals surface area contributed by atoms with Crippen LogP contribution in [0.2, 0.25) is 0 Å². The highest BCUT2D eigenvalue weighted by atomic mass is 19.1. The van der Waals surface area contributed by atoms with Crippen LogP contribution in [0.4, 0.5) is 4.39 Å². The van der Waals surface area contributed by atoms with Crippen molar-refractivity contribution < 1.29 is 23.9 Å². The predicted octanol–water partition coefficient (Wildman–Crippen LogP) is 1.51. The standard InChI is InChI=1S/C25H27FN4O4/c26-17-3-1-2-16(14-17)8-11-29-12-9-25(34,10-13-29)21-6-4-18-19(27-21)15-30(24(18)33)20-5-7-22(31)28-23(20)32/h1-4,6,14,20,34H,5,7-13,15H2,(H,28,31,32). The van der Waals surface area contributed by atoms with Crippen LogP contribution in [0.5, 0.6) is 0 Å². The fourth-order valence-electron chi connectivity index (χ4n) is 5.08. The monoisotopic (exact) mass is 466 g/mol. The van der Waals surface area contributed by atoms with E-state index < -0.39 is 17.6 Å². The zero-order chi connectivity index (χ0) is 23.9. The molecule has 3 amide bonds. The molecule has 4 heterocycles. The number of rotatable bonds is 5. The third-order valence-electron chi connectivity index (χ3n) is 7.14. The van der Waals surface area contributed by atoms with Gasteiger partial charge in [-0.05, 0) is 55.5 Å². The van der Waals surface area contributed by atoms with E-state index in [4.69, 9.17) is 0 Å². The van der Waals surface area contributed by atoms with Gasteiger partial charge in [-0.2, -0.15) is 0 Å². The predicted molar refractivity (Wildman–Crippen MR) is 120 cm³/mol. The minimum atomic E-state index is -1.09. The number of piperidine rings is 2. The molecular formula is C25H27FN4O4. The van der Waals surface area contributed by atoms with Gasteiger partial charge in [-0.3, -0.25) is 24.7 Å². The molecule has 2 fully saturated rings. The summed E-state index contributed by atoms with van der Waals surface area (Å²) in [4.78, 5) is 44.9. The molecule has 0 saturated carbocycles. The lowest BCUT2D eigenvalue weighted by molar-refractivity contribution is -0.136. The molecule has 1 atom stereocenters. The van der Waals surface area contributed by atoms with Crippen LogP contribution in [0.25, 0.3) is 0 Å². The smallest absolute Gasteiger partial charge is 0.256 e. The molecule has 1 aromatic carbocycles. The van der Waals surface area contributed by atoms with Crippen molar-refractivity contribution in [3.63, 3.8) is 0 Å². The summed E-state index contributed by atoms with van der Waals surface area (Å²) in [5.74, 6) is -1.29. The number of amides is 3. The van der Waals surface area contributed by atoms with Gasteiger partial charge < -0.3 is 14.9 Å². The molecule has 3 aliphatic rings. The number of nitrogens with zero attached hydrogens (tertiary/aromatic N) is 3. The van der Waals surface area contributed by atoms with E-state index in [0.29, 0.717) is 49.3 Å². The van der Waals surface area contributed by atoms with E-state index in [-0.39, 0.29) is 30.6 Å². The van der Waals surface area contributed by atoms with E-state index in [0.717, 1.165) is 18.5 Å². The molecule has 3 aliphatic heterocycles. The molecule has 5 rings (SSSR count). The maximum Gasteiger partial charge on any atom is 0.256 e. The van der Waals surface area contributed by atoms with Crippen LogP contribution in [0.3, 0.4) is 0 Å². The Morgan fingerprint density at radius 2 is 1.94 bits per heavy atom. The third-order valence-corrected chi connectivity index (χ3v) is 7.14. The van der Waals surface area contributed by atoms with Crippen molar-refractivity contribution in [1.29, 1.82) is 0 Å². The van der Waals surface area contributed by atoms with Gasteiger partial charge in [-0.15, -0.1) is 0 Å². The number of aromatic nitrogens is 1. The molecule has 0 spiro atoms. The lowest BCUT2D eigenvalue weighted by Gasteiger charge is -2.38. The van der Waals surface area contributed by atoms with Crippen molar-refractivity contribution in [2.24, 2.45) is 0 Å². The minimum Gasteiger partial charge on any atom is -0.383 e. The summed E-state index contributed by atoms with van der Waals surface area (Å²) in [5.41, 5.74) is 1.38. The average Bonchev–Trinajstić information content (AvgIpc) is 3.14. The van der Waals surface area contributed by atoms with Crippen molar-refractivity contribution in [2.45, 2.75) is 50.3 Å². The zero-order valence-electron chi connectivity index (χ0n) is 18.8. The quantitative estimate of drug-likeness (QED) is 0.648. The highest BCUT2D eigenvalue weighted by molar-refractivity contribution is 6.05. The zero-order valence-corrected chi connectivity index (χ0v) is 18.8. The Morgan fingerprint density at radius 3 is 2.68 bits per heavy atom. The number of halogens is 1. The number of pyridine rings is 1. The Hall–Kier alpha value is -3.17. The number of carbonyl (C=O) groups is 3. The molecule has 1 aromatic heterocycles. The number of benzene rings is 1. The minimum absolute atomic E-state index is 0.185. The molecular weight excluding hydrogens is 439 g/mol. The van der Waals surface area contributed by atoms with Crippen LogP contribution in [0.1, 0.15) is 53.0 Å². The molecule has 0 radical (unpaired) electrons. The van der Waals surface area contributed by atoms with Gasteiger partial charge in [-0.25, -0.2) is 4.39 Å². The van der Waals surface area contributed by atoms with Gasteiger partial charge in [0.2, 0.25) is 11.8 Å². The van der Waals surface area contributed by atoms with Crippen molar-refractivity contribution in [1.82, 2.24) is 20.1 Å². The number of likely N-dealkylation sites (tertiary alicyclic amines) is 1. The fraction of sp³-hybridized carbons (Fsp3) is 0.440. The van der Waals surface area contributed by atoms with Gasteiger partial charge in [0.1, 0.15) is 17.5 Å². The topological polar surface area (TPSA) is 103 Å². The molecule has 8 nitrogen and oxygen atoms in total. The molecule has 2 N–H and O–H groups in total. The Balaban J connectivity index is 1.23. The van der Waals surface area contributed by atoms with Crippen molar-refractivity contribution >= 4 is 17.7 Å². The summed E-state index contributed by atoms with van der Waals surface area (Å²) in [7, 11) is 0. The average molecular weight is 467 g/mol. The van der Waals surface area contributed by atoms with E-state index in [1.165, 1.54) is 11.0 Å². The summed E-state index contributed by atoms with van der Waals surface area (Å²) in [5, 5.41) is 13.6. The fourth-order valence-corrected chi connectivity index (χ4v) is 5.08. The summed E-state index contributed by atoms with van der Waals surface area (Å²) < 4.78 is 13.4. The maximum atomic E-state index is 13.4. The normalized spacial score (nSPS) is 22.6. The second kappa shape index (κ2) is 8.88. The van der Waals surface area contributed by atoms with Gasteiger partial charge in [0.25, 0.3) is 5.91 Å². The van der Waals surface area contributed by atoms with Crippen molar-refractivity contribution in [3.8, 4) is 0 Å². The Kier molecular flexibility index (Phi) is 5.91. The summed E-state index contributed by atoms with van der Waals surface area (Å²) in [6.45, 7) is 2.34. The number of fused-ring (bicyclic) bond motifs is 1. The first-order valence-electron chi connectivity index (χ1n) is 11.7. The van der Waals surface area contributed by atoms with Crippen LogP contribution in [-0.2, 0) is 28.2 Å². The Bertz CT molecular complexity index is 1150. The number of aliphatic hydroxyl groups is 1. The van der Waals surface area contributed by atoms with E-state index in [2.05, 4.69) is 15.2 Å². The van der Waals surface area contributed by atoms with Crippen LogP contribution < -0.4 is 5.32 Å². The number of hydrogen-bond acceptors (Lipinski definition) is 6. The molecule has 0 aliphatic carbocycles. The summed E-state index contributed by atoms with van der Waals surface area (Å²) >= 11 is 0. The van der Waals surface area contributed by atoms with Gasteiger partial charge in [-0.1, -0.05) is 12.1 Å². The van der Waals surface area contributed by atoms with Gasteiger partial charge in [0.05, 0.1) is 23.5 Å².